The van der Waals surface area contributed by atoms with E-state index in [9.17, 15) is 4.79 Å². The van der Waals surface area contributed by atoms with Crippen LogP contribution in [0.4, 0.5) is 0 Å². The van der Waals surface area contributed by atoms with Crippen molar-refractivity contribution in [3.63, 3.8) is 0 Å². The summed E-state index contributed by atoms with van der Waals surface area (Å²) >= 11 is 6.36. The molecule has 1 unspecified atom stereocenters. The molecule has 0 spiro atoms. The Morgan fingerprint density at radius 3 is 1.43 bits per heavy atom. The van der Waals surface area contributed by atoms with Crippen molar-refractivity contribution in [3.8, 4) is 0 Å². The molecule has 0 aliphatic rings. The van der Waals surface area contributed by atoms with Crippen LogP contribution >= 0.6 is 11.1 Å². The Balaban J connectivity index is 3.15. The van der Waals surface area contributed by atoms with Gasteiger partial charge in [0, 0.05) is 6.08 Å². The van der Waals surface area contributed by atoms with E-state index in [4.69, 9.17) is 15.8 Å². The summed E-state index contributed by atoms with van der Waals surface area (Å²) in [6.07, 6.45) is 25.6. The molecule has 0 saturated carbocycles. The highest BCUT2D eigenvalue weighted by Gasteiger charge is 2.15. The molecule has 0 N–H and O–H groups in total. The predicted octanol–water partition coefficient (Wildman–Crippen LogP) is 9.57. The molecule has 30 heavy (non-hydrogen) atoms. The Morgan fingerprint density at radius 1 is 0.767 bits per heavy atom. The zero-order valence-electron chi connectivity index (χ0n) is 20.5. The van der Waals surface area contributed by atoms with E-state index in [-0.39, 0.29) is 12.1 Å². The summed E-state index contributed by atoms with van der Waals surface area (Å²) in [5.41, 5.74) is 0. The topological polar surface area (TPSA) is 26.3 Å². The summed E-state index contributed by atoms with van der Waals surface area (Å²) in [4.78, 5) is 11.1. The molecule has 0 radical (unpaired) electrons. The van der Waals surface area contributed by atoms with Crippen LogP contribution in [0.25, 0.3) is 0 Å². The van der Waals surface area contributed by atoms with E-state index in [1.54, 1.807) is 0 Å². The molecule has 0 aromatic carbocycles. The van der Waals surface area contributed by atoms with Crippen LogP contribution < -0.4 is 0 Å². The van der Waals surface area contributed by atoms with Crippen molar-refractivity contribution in [1.82, 2.24) is 0 Å². The maximum atomic E-state index is 11.1. The second-order valence-corrected chi connectivity index (χ2v) is 16.7. The van der Waals surface area contributed by atoms with Gasteiger partial charge in [-0.15, -0.1) is 0 Å². The molecule has 0 bridgehead atoms. The highest BCUT2D eigenvalue weighted by atomic mass is 35.6. The molecule has 2 nitrogen and oxygen atoms in total. The van der Waals surface area contributed by atoms with Crippen LogP contribution in [0.3, 0.4) is 0 Å². The van der Waals surface area contributed by atoms with E-state index in [1.165, 1.54) is 115 Å². The summed E-state index contributed by atoms with van der Waals surface area (Å²) in [6, 6.07) is 1.28. The number of ether oxygens (including phenoxy) is 1. The van der Waals surface area contributed by atoms with Gasteiger partial charge in [0.25, 0.3) is 0 Å². The van der Waals surface area contributed by atoms with Crippen molar-refractivity contribution in [1.29, 1.82) is 0 Å². The fourth-order valence-corrected chi connectivity index (χ4v) is 5.43. The molecule has 0 aliphatic heterocycles. The standard InChI is InChI=1S/C26H51ClO2Si/c1-5-26(28)29-25(2)23-21-19-17-15-13-11-9-7-6-8-10-12-14-16-18-20-22-24-30(3,4)27/h5,25H,1,6-24H2,2-4H3. The van der Waals surface area contributed by atoms with Crippen LogP contribution in [-0.2, 0) is 9.53 Å². The SMILES string of the molecule is C=CC(=O)OC(C)CCCCCCCCCCCCCCCCCCC[Si](C)(C)Cl. The van der Waals surface area contributed by atoms with Crippen molar-refractivity contribution < 1.29 is 9.53 Å². The first-order chi connectivity index (χ1) is 14.3. The summed E-state index contributed by atoms with van der Waals surface area (Å²) in [5.74, 6) is -0.304. The normalized spacial score (nSPS) is 12.7. The van der Waals surface area contributed by atoms with Crippen LogP contribution in [-0.4, -0.2) is 19.5 Å². The lowest BCUT2D eigenvalue weighted by molar-refractivity contribution is -0.142. The van der Waals surface area contributed by atoms with Gasteiger partial charge in [-0.1, -0.05) is 122 Å². The van der Waals surface area contributed by atoms with Crippen molar-refractivity contribution in [2.45, 2.75) is 148 Å². The molecular formula is C26H51ClO2Si. The molecule has 4 heteroatoms. The average Bonchev–Trinajstić information content (AvgIpc) is 2.68. The highest BCUT2D eigenvalue weighted by Crippen LogP contribution is 2.19. The first kappa shape index (κ1) is 29.7. The number of rotatable bonds is 22. The summed E-state index contributed by atoms with van der Waals surface area (Å²) in [7, 11) is -1.32. The van der Waals surface area contributed by atoms with Crippen molar-refractivity contribution >= 4 is 24.4 Å². The Labute approximate surface area is 194 Å². The zero-order valence-corrected chi connectivity index (χ0v) is 22.2. The van der Waals surface area contributed by atoms with Crippen molar-refractivity contribution in [3.05, 3.63) is 12.7 Å². The van der Waals surface area contributed by atoms with Gasteiger partial charge in [-0.2, -0.15) is 11.1 Å². The number of carbonyl (C=O) groups is 1. The van der Waals surface area contributed by atoms with E-state index >= 15 is 0 Å². The van der Waals surface area contributed by atoms with Gasteiger partial charge in [0.05, 0.1) is 6.10 Å². The molecule has 0 fully saturated rings. The third-order valence-corrected chi connectivity index (χ3v) is 7.98. The Hall–Kier alpha value is -0.283. The Morgan fingerprint density at radius 2 is 1.10 bits per heavy atom. The molecule has 178 valence electrons. The van der Waals surface area contributed by atoms with Crippen LogP contribution in [0.15, 0.2) is 12.7 Å². The minimum Gasteiger partial charge on any atom is -0.460 e. The molecule has 0 aromatic heterocycles. The molecule has 1 atom stereocenters. The second-order valence-electron chi connectivity index (χ2n) is 9.72. The van der Waals surface area contributed by atoms with Crippen molar-refractivity contribution in [2.24, 2.45) is 0 Å². The van der Waals surface area contributed by atoms with Crippen molar-refractivity contribution in [2.75, 3.05) is 0 Å². The summed E-state index contributed by atoms with van der Waals surface area (Å²) in [6.45, 7) is 9.90. The number of hydrogen-bond acceptors (Lipinski definition) is 2. The van der Waals surface area contributed by atoms with E-state index < -0.39 is 7.38 Å². The molecule has 0 saturated heterocycles. The summed E-state index contributed by atoms with van der Waals surface area (Å²) < 4.78 is 5.18. The van der Waals surface area contributed by atoms with Crippen LogP contribution in [0.1, 0.15) is 122 Å². The maximum Gasteiger partial charge on any atom is 0.330 e. The van der Waals surface area contributed by atoms with Gasteiger partial charge in [-0.25, -0.2) is 4.79 Å². The largest absolute Gasteiger partial charge is 0.460 e. The third kappa shape index (κ3) is 24.0. The monoisotopic (exact) mass is 458 g/mol. The second kappa shape index (κ2) is 20.6. The van der Waals surface area contributed by atoms with Gasteiger partial charge in [-0.3, -0.25) is 0 Å². The quantitative estimate of drug-likeness (QED) is 0.0530. The van der Waals surface area contributed by atoms with E-state index in [0.717, 1.165) is 12.8 Å². The first-order valence-electron chi connectivity index (χ1n) is 12.9. The Kier molecular flexibility index (Phi) is 20.4. The van der Waals surface area contributed by atoms with Crippen LogP contribution in [0.2, 0.25) is 19.1 Å². The summed E-state index contributed by atoms with van der Waals surface area (Å²) in [5, 5.41) is 0. The maximum absolute atomic E-state index is 11.1. The highest BCUT2D eigenvalue weighted by molar-refractivity contribution is 7.19. The fourth-order valence-electron chi connectivity index (χ4n) is 3.93. The van der Waals surface area contributed by atoms with Gasteiger partial charge < -0.3 is 4.74 Å². The number of carbonyl (C=O) groups excluding carboxylic acids is 1. The third-order valence-electron chi connectivity index (χ3n) is 5.87. The van der Waals surface area contributed by atoms with Gasteiger partial charge in [-0.05, 0) is 25.8 Å². The Bertz CT molecular complexity index is 406. The zero-order chi connectivity index (χ0) is 22.5. The van der Waals surface area contributed by atoms with Gasteiger partial charge in [0.1, 0.15) is 7.38 Å². The average molecular weight is 459 g/mol. The number of halogens is 1. The van der Waals surface area contributed by atoms with E-state index in [1.807, 2.05) is 6.92 Å². The fraction of sp³-hybridized carbons (Fsp3) is 0.885. The lowest BCUT2D eigenvalue weighted by atomic mass is 10.0. The number of esters is 1. The van der Waals surface area contributed by atoms with Gasteiger partial charge in [0.15, 0.2) is 0 Å². The molecule has 0 rings (SSSR count). The van der Waals surface area contributed by atoms with E-state index in [2.05, 4.69) is 19.7 Å². The van der Waals surface area contributed by atoms with Gasteiger partial charge >= 0.3 is 5.97 Å². The van der Waals surface area contributed by atoms with E-state index in [0.29, 0.717) is 0 Å². The minimum atomic E-state index is -1.32. The van der Waals surface area contributed by atoms with Crippen LogP contribution in [0, 0.1) is 0 Å². The first-order valence-corrected chi connectivity index (χ1v) is 17.1. The molecule has 0 amide bonds. The van der Waals surface area contributed by atoms with Crippen LogP contribution in [0.5, 0.6) is 0 Å². The lowest BCUT2D eigenvalue weighted by Gasteiger charge is -2.11. The minimum absolute atomic E-state index is 0.0191. The number of hydrogen-bond donors (Lipinski definition) is 0. The number of unbranched alkanes of at least 4 members (excludes halogenated alkanes) is 16. The molecular weight excluding hydrogens is 408 g/mol. The molecule has 0 aliphatic carbocycles. The molecule has 0 aromatic rings. The molecule has 0 heterocycles. The lowest BCUT2D eigenvalue weighted by Crippen LogP contribution is -2.14. The predicted molar refractivity (Wildman–Crippen MR) is 137 cm³/mol. The van der Waals surface area contributed by atoms with Gasteiger partial charge in [0.2, 0.25) is 0 Å². The smallest absolute Gasteiger partial charge is 0.330 e.